The molecule has 0 aliphatic carbocycles. The molecule has 2 aromatic carbocycles. The van der Waals surface area contributed by atoms with E-state index in [2.05, 4.69) is 33.7 Å². The van der Waals surface area contributed by atoms with Gasteiger partial charge < -0.3 is 9.88 Å². The normalized spacial score (nSPS) is 10.4. The molecule has 136 valence electrons. The van der Waals surface area contributed by atoms with E-state index in [1.807, 2.05) is 41.8 Å². The summed E-state index contributed by atoms with van der Waals surface area (Å²) in [5, 5.41) is 20.8. The van der Waals surface area contributed by atoms with Gasteiger partial charge in [0.1, 0.15) is 5.82 Å². The van der Waals surface area contributed by atoms with Gasteiger partial charge in [-0.3, -0.25) is 4.79 Å². The van der Waals surface area contributed by atoms with E-state index in [0.717, 1.165) is 22.1 Å². The van der Waals surface area contributed by atoms with Gasteiger partial charge in [-0.25, -0.2) is 0 Å². The molecular formula is C20H19N5OS. The number of carbonyl (C=O) groups excluding carboxylic acids is 1. The predicted octanol–water partition coefficient (Wildman–Crippen LogP) is 2.92. The molecule has 1 aromatic heterocycles. The van der Waals surface area contributed by atoms with Crippen molar-refractivity contribution in [2.45, 2.75) is 25.2 Å². The van der Waals surface area contributed by atoms with Crippen molar-refractivity contribution in [3.05, 3.63) is 77.1 Å². The van der Waals surface area contributed by atoms with Crippen LogP contribution in [0.3, 0.4) is 0 Å². The van der Waals surface area contributed by atoms with Crippen LogP contribution in [0.25, 0.3) is 0 Å². The maximum absolute atomic E-state index is 12.2. The van der Waals surface area contributed by atoms with E-state index in [0.29, 0.717) is 18.7 Å². The average molecular weight is 377 g/mol. The number of hydrogen-bond donors (Lipinski definition) is 1. The van der Waals surface area contributed by atoms with E-state index in [-0.39, 0.29) is 11.7 Å². The molecule has 1 N–H and O–H groups in total. The number of aryl methyl sites for hydroxylation is 1. The Morgan fingerprint density at radius 2 is 1.93 bits per heavy atom. The Morgan fingerprint density at radius 1 is 1.15 bits per heavy atom. The van der Waals surface area contributed by atoms with Crippen LogP contribution in [-0.4, -0.2) is 26.4 Å². The summed E-state index contributed by atoms with van der Waals surface area (Å²) in [6, 6.07) is 19.4. The third kappa shape index (κ3) is 5.19. The van der Waals surface area contributed by atoms with Gasteiger partial charge in [0.05, 0.1) is 23.9 Å². The van der Waals surface area contributed by atoms with Crippen LogP contribution in [0.1, 0.15) is 22.5 Å². The lowest BCUT2D eigenvalue weighted by Gasteiger charge is -2.09. The monoisotopic (exact) mass is 377 g/mol. The summed E-state index contributed by atoms with van der Waals surface area (Å²) in [4.78, 5) is 12.2. The van der Waals surface area contributed by atoms with E-state index in [4.69, 9.17) is 5.26 Å². The quantitative estimate of drug-likeness (QED) is 0.640. The number of rotatable bonds is 7. The summed E-state index contributed by atoms with van der Waals surface area (Å²) >= 11 is 1.36. The summed E-state index contributed by atoms with van der Waals surface area (Å²) in [5.41, 5.74) is 2.64. The molecule has 0 unspecified atom stereocenters. The van der Waals surface area contributed by atoms with Crippen LogP contribution in [0.15, 0.2) is 59.8 Å². The smallest absolute Gasteiger partial charge is 0.230 e. The maximum Gasteiger partial charge on any atom is 0.230 e. The fraction of sp³-hybridized carbons (Fsp3) is 0.200. The van der Waals surface area contributed by atoms with Gasteiger partial charge in [-0.05, 0) is 30.2 Å². The van der Waals surface area contributed by atoms with E-state index in [1.165, 1.54) is 11.8 Å². The Hall–Kier alpha value is -3.11. The number of aromatic nitrogens is 3. The summed E-state index contributed by atoms with van der Waals surface area (Å²) < 4.78 is 2.00. The summed E-state index contributed by atoms with van der Waals surface area (Å²) in [6.45, 7) is 2.97. The first-order valence-corrected chi connectivity index (χ1v) is 9.46. The molecule has 6 nitrogen and oxygen atoms in total. The molecule has 27 heavy (non-hydrogen) atoms. The van der Waals surface area contributed by atoms with Crippen molar-refractivity contribution in [3.63, 3.8) is 0 Å². The molecular weight excluding hydrogens is 358 g/mol. The molecule has 0 atom stereocenters. The molecule has 0 saturated heterocycles. The SMILES string of the molecule is Cc1nnc(SCC(=O)NCc2cccc(C#N)c2)n1Cc1ccccc1. The molecule has 0 spiro atoms. The molecule has 0 fully saturated rings. The number of hydrogen-bond acceptors (Lipinski definition) is 5. The molecule has 3 aromatic rings. The van der Waals surface area contributed by atoms with Crippen LogP contribution in [0.2, 0.25) is 0 Å². The highest BCUT2D eigenvalue weighted by Gasteiger charge is 2.12. The van der Waals surface area contributed by atoms with E-state index in [1.54, 1.807) is 12.1 Å². The second-order valence-corrected chi connectivity index (χ2v) is 6.92. The molecule has 7 heteroatoms. The fourth-order valence-corrected chi connectivity index (χ4v) is 3.36. The predicted molar refractivity (Wildman–Crippen MR) is 104 cm³/mol. The van der Waals surface area contributed by atoms with Gasteiger partial charge in [0.25, 0.3) is 0 Å². The van der Waals surface area contributed by atoms with E-state index in [9.17, 15) is 4.79 Å². The van der Waals surface area contributed by atoms with Crippen molar-refractivity contribution in [1.29, 1.82) is 5.26 Å². The summed E-state index contributed by atoms with van der Waals surface area (Å²) in [7, 11) is 0. The maximum atomic E-state index is 12.2. The highest BCUT2D eigenvalue weighted by atomic mass is 32.2. The van der Waals surface area contributed by atoms with Crippen LogP contribution in [-0.2, 0) is 17.9 Å². The first-order chi connectivity index (χ1) is 13.2. The Balaban J connectivity index is 1.55. The Morgan fingerprint density at radius 3 is 2.70 bits per heavy atom. The van der Waals surface area contributed by atoms with Crippen molar-refractivity contribution in [2.75, 3.05) is 5.75 Å². The minimum atomic E-state index is -0.0886. The second-order valence-electron chi connectivity index (χ2n) is 5.98. The van der Waals surface area contributed by atoms with Crippen molar-refractivity contribution in [3.8, 4) is 6.07 Å². The molecule has 3 rings (SSSR count). The molecule has 1 amide bonds. The summed E-state index contributed by atoms with van der Waals surface area (Å²) in [6.07, 6.45) is 0. The zero-order valence-corrected chi connectivity index (χ0v) is 15.7. The fourth-order valence-electron chi connectivity index (χ4n) is 2.55. The van der Waals surface area contributed by atoms with Crippen molar-refractivity contribution in [1.82, 2.24) is 20.1 Å². The molecule has 0 radical (unpaired) electrons. The zero-order chi connectivity index (χ0) is 19.1. The third-order valence-corrected chi connectivity index (χ3v) is 4.93. The average Bonchev–Trinajstić information content (AvgIpc) is 3.05. The van der Waals surface area contributed by atoms with Gasteiger partial charge in [0.15, 0.2) is 5.16 Å². The zero-order valence-electron chi connectivity index (χ0n) is 14.9. The topological polar surface area (TPSA) is 83.6 Å². The van der Waals surface area contributed by atoms with Gasteiger partial charge in [-0.2, -0.15) is 5.26 Å². The number of nitrogens with zero attached hydrogens (tertiary/aromatic N) is 4. The molecule has 0 aliphatic heterocycles. The van der Waals surface area contributed by atoms with Crippen LogP contribution in [0.4, 0.5) is 0 Å². The lowest BCUT2D eigenvalue weighted by molar-refractivity contribution is -0.118. The van der Waals surface area contributed by atoms with Gasteiger partial charge in [-0.15, -0.1) is 10.2 Å². The molecule has 0 aliphatic rings. The number of thioether (sulfide) groups is 1. The summed E-state index contributed by atoms with van der Waals surface area (Å²) in [5.74, 6) is 0.981. The second kappa shape index (κ2) is 9.01. The molecule has 0 saturated carbocycles. The first kappa shape index (κ1) is 18.7. The molecule has 1 heterocycles. The lowest BCUT2D eigenvalue weighted by atomic mass is 10.1. The number of carbonyl (C=O) groups is 1. The number of amides is 1. The van der Waals surface area contributed by atoms with Crippen LogP contribution >= 0.6 is 11.8 Å². The first-order valence-electron chi connectivity index (χ1n) is 8.48. The van der Waals surface area contributed by atoms with Crippen LogP contribution < -0.4 is 5.32 Å². The largest absolute Gasteiger partial charge is 0.351 e. The van der Waals surface area contributed by atoms with Gasteiger partial charge >= 0.3 is 0 Å². The van der Waals surface area contributed by atoms with Crippen molar-refractivity contribution < 1.29 is 4.79 Å². The van der Waals surface area contributed by atoms with Gasteiger partial charge in [-0.1, -0.05) is 54.2 Å². The third-order valence-electron chi connectivity index (χ3n) is 3.96. The Labute approximate surface area is 162 Å². The minimum absolute atomic E-state index is 0.0886. The van der Waals surface area contributed by atoms with Gasteiger partial charge in [0, 0.05) is 6.54 Å². The minimum Gasteiger partial charge on any atom is -0.351 e. The number of benzene rings is 2. The van der Waals surface area contributed by atoms with Gasteiger partial charge in [0.2, 0.25) is 5.91 Å². The highest BCUT2D eigenvalue weighted by molar-refractivity contribution is 7.99. The van der Waals surface area contributed by atoms with E-state index < -0.39 is 0 Å². The number of nitrogens with one attached hydrogen (secondary N) is 1. The Bertz CT molecular complexity index is 962. The number of nitriles is 1. The molecule has 0 bridgehead atoms. The van der Waals surface area contributed by atoms with E-state index >= 15 is 0 Å². The van der Waals surface area contributed by atoms with Crippen LogP contribution in [0.5, 0.6) is 0 Å². The highest BCUT2D eigenvalue weighted by Crippen LogP contribution is 2.18. The standard InChI is InChI=1S/C20H19N5OS/c1-15-23-24-20(25(15)13-16-6-3-2-4-7-16)27-14-19(26)22-12-18-9-5-8-17(10-18)11-21/h2-10H,12-14H2,1H3,(H,22,26). The Kier molecular flexibility index (Phi) is 6.23. The lowest BCUT2D eigenvalue weighted by Crippen LogP contribution is -2.24. The van der Waals surface area contributed by atoms with Crippen LogP contribution in [0, 0.1) is 18.3 Å². The van der Waals surface area contributed by atoms with Crippen molar-refractivity contribution in [2.24, 2.45) is 0 Å². The van der Waals surface area contributed by atoms with Crippen molar-refractivity contribution >= 4 is 17.7 Å².